The SMILES string of the molecule is N#C[Se]C(F)(F)F. The van der Waals surface area contributed by atoms with Crippen LogP contribution in [-0.4, -0.2) is 20.0 Å². The van der Waals surface area contributed by atoms with Crippen LogP contribution in [0, 0.1) is 10.2 Å². The van der Waals surface area contributed by atoms with Gasteiger partial charge in [0.2, 0.25) is 0 Å². The van der Waals surface area contributed by atoms with Crippen molar-refractivity contribution in [1.29, 1.82) is 5.26 Å². The number of nitrogens with zero attached hydrogens (tertiary/aromatic N) is 1. The van der Waals surface area contributed by atoms with Crippen molar-refractivity contribution in [3.05, 3.63) is 0 Å². The minimum absolute atomic E-state index is 1.05. The third kappa shape index (κ3) is 5.80. The Labute approximate surface area is 44.3 Å². The molecule has 0 atom stereocenters. The maximum atomic E-state index is 10.9. The molecule has 5 heteroatoms. The summed E-state index contributed by atoms with van der Waals surface area (Å²) >= 11 is -1.84. The van der Waals surface area contributed by atoms with Crippen molar-refractivity contribution in [3.8, 4) is 4.97 Å². The predicted molar refractivity (Wildman–Crippen MR) is 17.4 cm³/mol. The van der Waals surface area contributed by atoms with Crippen molar-refractivity contribution >= 4 is 15.0 Å². The molecule has 0 radical (unpaired) electrons. The maximum absolute atomic E-state index is 10.9. The van der Waals surface area contributed by atoms with Crippen LogP contribution in [0.5, 0.6) is 0 Å². The second-order valence-corrected chi connectivity index (χ2v) is 2.42. The van der Waals surface area contributed by atoms with E-state index < -0.39 is 20.0 Å². The standard InChI is InChI=1S/C2F3NSe/c3-2(4,5)7-1-6. The molecule has 0 aromatic heterocycles. The molecule has 0 saturated carbocycles. The van der Waals surface area contributed by atoms with E-state index in [2.05, 4.69) is 0 Å². The van der Waals surface area contributed by atoms with Gasteiger partial charge in [0, 0.05) is 0 Å². The molecule has 0 aromatic rings. The van der Waals surface area contributed by atoms with Crippen molar-refractivity contribution in [2.24, 2.45) is 0 Å². The van der Waals surface area contributed by atoms with E-state index in [1.807, 2.05) is 0 Å². The minimum atomic E-state index is -4.25. The van der Waals surface area contributed by atoms with Gasteiger partial charge in [-0.3, -0.25) is 0 Å². The van der Waals surface area contributed by atoms with Gasteiger partial charge in [-0.15, -0.1) is 0 Å². The molecule has 0 bridgehead atoms. The summed E-state index contributed by atoms with van der Waals surface area (Å²) in [4.78, 5) is 1.05. The molecule has 0 spiro atoms. The quantitative estimate of drug-likeness (QED) is 0.495. The molecule has 0 aliphatic heterocycles. The molecule has 0 rings (SSSR count). The van der Waals surface area contributed by atoms with Crippen LogP contribution in [0.25, 0.3) is 0 Å². The first-order chi connectivity index (χ1) is 3.06. The summed E-state index contributed by atoms with van der Waals surface area (Å²) in [5.74, 6) is 0. The molecule has 7 heavy (non-hydrogen) atoms. The van der Waals surface area contributed by atoms with Gasteiger partial charge in [0.05, 0.1) is 0 Å². The third-order valence-electron chi connectivity index (χ3n) is 0.161. The van der Waals surface area contributed by atoms with E-state index >= 15 is 0 Å². The fourth-order valence-corrected chi connectivity index (χ4v) is 0.269. The van der Waals surface area contributed by atoms with Crippen molar-refractivity contribution in [2.75, 3.05) is 0 Å². The monoisotopic (exact) mass is 175 g/mol. The molecule has 0 unspecified atom stereocenters. The van der Waals surface area contributed by atoms with Crippen LogP contribution in [0.3, 0.4) is 0 Å². The Hall–Kier alpha value is -0.201. The number of rotatable bonds is 0. The average Bonchev–Trinajstić information content (AvgIpc) is 1.30. The van der Waals surface area contributed by atoms with Crippen LogP contribution in [0.1, 0.15) is 0 Å². The number of hydrogen-bond acceptors (Lipinski definition) is 1. The molecule has 40 valence electrons. The summed E-state index contributed by atoms with van der Waals surface area (Å²) < 4.78 is 32.6. The van der Waals surface area contributed by atoms with E-state index in [1.165, 1.54) is 0 Å². The van der Waals surface area contributed by atoms with E-state index in [1.54, 1.807) is 0 Å². The van der Waals surface area contributed by atoms with Crippen LogP contribution >= 0.6 is 0 Å². The van der Waals surface area contributed by atoms with Crippen molar-refractivity contribution in [1.82, 2.24) is 0 Å². The zero-order chi connectivity index (χ0) is 5.91. The van der Waals surface area contributed by atoms with Gasteiger partial charge in [0.25, 0.3) is 0 Å². The molecule has 0 amide bonds. The van der Waals surface area contributed by atoms with E-state index in [0.717, 1.165) is 4.97 Å². The van der Waals surface area contributed by atoms with Gasteiger partial charge in [0.1, 0.15) is 0 Å². The van der Waals surface area contributed by atoms with E-state index in [9.17, 15) is 13.2 Å². The fraction of sp³-hybridized carbons (Fsp3) is 0.500. The molecule has 0 saturated heterocycles. The molecule has 0 heterocycles. The second kappa shape index (κ2) is 2.20. The zero-order valence-corrected chi connectivity index (χ0v) is 4.70. The summed E-state index contributed by atoms with van der Waals surface area (Å²) in [6.45, 7) is 0. The van der Waals surface area contributed by atoms with Crippen LogP contribution < -0.4 is 0 Å². The Kier molecular flexibility index (Phi) is 2.13. The van der Waals surface area contributed by atoms with E-state index in [-0.39, 0.29) is 0 Å². The zero-order valence-electron chi connectivity index (χ0n) is 2.99. The van der Waals surface area contributed by atoms with Crippen LogP contribution in [-0.2, 0) is 0 Å². The molecule has 0 aliphatic carbocycles. The van der Waals surface area contributed by atoms with Crippen molar-refractivity contribution in [3.63, 3.8) is 0 Å². The Morgan fingerprint density at radius 1 is 1.43 bits per heavy atom. The van der Waals surface area contributed by atoms with Crippen LogP contribution in [0.2, 0.25) is 0 Å². The molecule has 0 fully saturated rings. The first kappa shape index (κ1) is 6.80. The number of nitriles is 1. The Morgan fingerprint density at radius 2 is 1.86 bits per heavy atom. The van der Waals surface area contributed by atoms with Gasteiger partial charge < -0.3 is 0 Å². The van der Waals surface area contributed by atoms with Gasteiger partial charge in [0.15, 0.2) is 0 Å². The molecule has 0 aliphatic rings. The van der Waals surface area contributed by atoms with Gasteiger partial charge in [-0.1, -0.05) is 0 Å². The summed E-state index contributed by atoms with van der Waals surface area (Å²) in [6.07, 6.45) is 0. The normalized spacial score (nSPS) is 10.6. The fourth-order valence-electron chi connectivity index (χ4n) is 0.0518. The van der Waals surface area contributed by atoms with Crippen molar-refractivity contribution in [2.45, 2.75) is 5.07 Å². The summed E-state index contributed by atoms with van der Waals surface area (Å²) in [6, 6.07) is 0. The Morgan fingerprint density at radius 3 is 1.86 bits per heavy atom. The third-order valence-corrected chi connectivity index (χ3v) is 0.839. The summed E-state index contributed by atoms with van der Waals surface area (Å²) in [7, 11) is 0. The summed E-state index contributed by atoms with van der Waals surface area (Å²) in [5, 5.41) is 3.21. The van der Waals surface area contributed by atoms with Gasteiger partial charge in [-0.05, 0) is 0 Å². The van der Waals surface area contributed by atoms with Gasteiger partial charge in [-0.25, -0.2) is 0 Å². The van der Waals surface area contributed by atoms with Crippen molar-refractivity contribution < 1.29 is 13.2 Å². The number of alkyl halides is 3. The number of hydrogen-bond donors (Lipinski definition) is 0. The second-order valence-electron chi connectivity index (χ2n) is 0.639. The molecular weight excluding hydrogens is 174 g/mol. The van der Waals surface area contributed by atoms with Crippen LogP contribution in [0.15, 0.2) is 0 Å². The van der Waals surface area contributed by atoms with Gasteiger partial charge in [-0.2, -0.15) is 0 Å². The molecule has 0 N–H and O–H groups in total. The summed E-state index contributed by atoms with van der Waals surface area (Å²) in [5.41, 5.74) is 0. The molecular formula is C2F3NSe. The number of halogens is 3. The van der Waals surface area contributed by atoms with E-state index in [4.69, 9.17) is 5.26 Å². The van der Waals surface area contributed by atoms with E-state index in [0.29, 0.717) is 0 Å². The topological polar surface area (TPSA) is 23.8 Å². The van der Waals surface area contributed by atoms with Crippen LogP contribution in [0.4, 0.5) is 13.2 Å². The Balaban J connectivity index is 3.40. The first-order valence-corrected chi connectivity index (χ1v) is 2.91. The average molecular weight is 174 g/mol. The molecule has 1 nitrogen and oxygen atoms in total. The first-order valence-electron chi connectivity index (χ1n) is 1.20. The molecule has 0 aromatic carbocycles. The predicted octanol–water partition coefficient (Wildman–Crippen LogP) is 0.691. The Bertz CT molecular complexity index is 90.1. The van der Waals surface area contributed by atoms with Gasteiger partial charge >= 0.3 is 43.4 Å².